The molecule has 0 radical (unpaired) electrons. The second-order valence-electron chi connectivity index (χ2n) is 9.26. The van der Waals surface area contributed by atoms with Gasteiger partial charge < -0.3 is 19.7 Å². The zero-order chi connectivity index (χ0) is 24.2. The van der Waals surface area contributed by atoms with Crippen LogP contribution in [0.15, 0.2) is 48.7 Å². The third kappa shape index (κ3) is 5.37. The fourth-order valence-corrected chi connectivity index (χ4v) is 4.92. The van der Waals surface area contributed by atoms with Crippen LogP contribution < -0.4 is 19.7 Å². The molecule has 1 aliphatic heterocycles. The minimum Gasteiger partial charge on any atom is -0.489 e. The molecule has 1 saturated heterocycles. The zero-order valence-corrected chi connectivity index (χ0v) is 20.2. The molecule has 5 rings (SSSR count). The van der Waals surface area contributed by atoms with Crippen LogP contribution in [0.5, 0.6) is 11.6 Å². The fraction of sp³-hybridized carbons (Fsp3) is 0.407. The number of hydrogen-bond donors (Lipinski definition) is 1. The van der Waals surface area contributed by atoms with Crippen molar-refractivity contribution in [2.75, 3.05) is 25.1 Å². The van der Waals surface area contributed by atoms with Gasteiger partial charge in [0.25, 0.3) is 5.91 Å². The SMILES string of the molecule is COc1ccc(OC2CCN(c3nnc(C(=O)N[C@@H]4CCc5ccccc5C4)cc3C)CC2)cn1. The summed E-state index contributed by atoms with van der Waals surface area (Å²) in [7, 11) is 1.60. The second-order valence-corrected chi connectivity index (χ2v) is 9.26. The molecule has 0 saturated carbocycles. The van der Waals surface area contributed by atoms with E-state index in [1.54, 1.807) is 19.4 Å². The summed E-state index contributed by atoms with van der Waals surface area (Å²) in [6.45, 7) is 3.62. The number of pyridine rings is 1. The number of aryl methyl sites for hydroxylation is 2. The van der Waals surface area contributed by atoms with E-state index in [-0.39, 0.29) is 18.1 Å². The van der Waals surface area contributed by atoms with E-state index in [0.29, 0.717) is 11.6 Å². The van der Waals surface area contributed by atoms with Crippen LogP contribution >= 0.6 is 0 Å². The van der Waals surface area contributed by atoms with Crippen LogP contribution in [0, 0.1) is 6.92 Å². The highest BCUT2D eigenvalue weighted by Gasteiger charge is 2.25. The van der Waals surface area contributed by atoms with Gasteiger partial charge >= 0.3 is 0 Å². The largest absolute Gasteiger partial charge is 0.489 e. The van der Waals surface area contributed by atoms with Crippen molar-refractivity contribution < 1.29 is 14.3 Å². The van der Waals surface area contributed by atoms with Gasteiger partial charge in [-0.2, -0.15) is 0 Å². The smallest absolute Gasteiger partial charge is 0.272 e. The van der Waals surface area contributed by atoms with E-state index in [9.17, 15) is 4.79 Å². The molecule has 1 N–H and O–H groups in total. The van der Waals surface area contributed by atoms with Crippen LogP contribution in [0.4, 0.5) is 5.82 Å². The summed E-state index contributed by atoms with van der Waals surface area (Å²) < 4.78 is 11.2. The Morgan fingerprint density at radius 2 is 1.86 bits per heavy atom. The molecule has 35 heavy (non-hydrogen) atoms. The summed E-state index contributed by atoms with van der Waals surface area (Å²) in [5.74, 6) is 1.99. The topological polar surface area (TPSA) is 89.5 Å². The summed E-state index contributed by atoms with van der Waals surface area (Å²) in [5, 5.41) is 11.9. The third-order valence-electron chi connectivity index (χ3n) is 6.84. The van der Waals surface area contributed by atoms with Crippen LogP contribution in [0.2, 0.25) is 0 Å². The molecule has 8 nitrogen and oxygen atoms in total. The van der Waals surface area contributed by atoms with E-state index in [0.717, 1.165) is 62.3 Å². The first-order chi connectivity index (χ1) is 17.1. The van der Waals surface area contributed by atoms with Crippen molar-refractivity contribution in [3.8, 4) is 11.6 Å². The lowest BCUT2D eigenvalue weighted by Gasteiger charge is -2.33. The third-order valence-corrected chi connectivity index (χ3v) is 6.84. The Morgan fingerprint density at radius 1 is 1.06 bits per heavy atom. The van der Waals surface area contributed by atoms with E-state index in [1.807, 2.05) is 19.1 Å². The number of fused-ring (bicyclic) bond motifs is 1. The number of piperidine rings is 1. The average Bonchev–Trinajstić information content (AvgIpc) is 2.89. The summed E-state index contributed by atoms with van der Waals surface area (Å²) >= 11 is 0. The Kier molecular flexibility index (Phi) is 6.79. The first-order valence-corrected chi connectivity index (χ1v) is 12.2. The number of anilines is 1. The lowest BCUT2D eigenvalue weighted by molar-refractivity contribution is 0.0927. The molecular weight excluding hydrogens is 442 g/mol. The van der Waals surface area contributed by atoms with Crippen LogP contribution in [0.1, 0.15) is 46.4 Å². The number of carbonyl (C=O) groups excluding carboxylic acids is 1. The number of aromatic nitrogens is 3. The standard InChI is InChI=1S/C27H31N5O3/c1-18-15-24(27(33)29-21-8-7-19-5-3-4-6-20(19)16-21)30-31-26(18)32-13-11-22(12-14-32)35-23-9-10-25(34-2)28-17-23/h3-6,9-10,15,17,21-22H,7-8,11-14,16H2,1-2H3,(H,29,33)/t21-/m1/s1. The molecule has 1 aliphatic carbocycles. The molecule has 1 aromatic carbocycles. The Labute approximate surface area is 205 Å². The van der Waals surface area contributed by atoms with Crippen LogP contribution in [0.25, 0.3) is 0 Å². The maximum Gasteiger partial charge on any atom is 0.272 e. The number of amides is 1. The van der Waals surface area contributed by atoms with Crippen LogP contribution in [-0.4, -0.2) is 53.4 Å². The van der Waals surface area contributed by atoms with Gasteiger partial charge in [-0.15, -0.1) is 10.2 Å². The first-order valence-electron chi connectivity index (χ1n) is 12.2. The number of carbonyl (C=O) groups is 1. The lowest BCUT2D eigenvalue weighted by Crippen LogP contribution is -2.40. The number of benzene rings is 1. The Morgan fingerprint density at radius 3 is 2.57 bits per heavy atom. The highest BCUT2D eigenvalue weighted by Crippen LogP contribution is 2.25. The van der Waals surface area contributed by atoms with Crippen molar-refractivity contribution in [2.24, 2.45) is 0 Å². The molecule has 182 valence electrons. The molecule has 1 fully saturated rings. The number of nitrogens with one attached hydrogen (secondary N) is 1. The number of methoxy groups -OCH3 is 1. The monoisotopic (exact) mass is 473 g/mol. The van der Waals surface area contributed by atoms with Gasteiger partial charge in [0, 0.05) is 38.0 Å². The van der Waals surface area contributed by atoms with E-state index in [1.165, 1.54) is 11.1 Å². The van der Waals surface area contributed by atoms with Crippen molar-refractivity contribution >= 4 is 11.7 Å². The minimum atomic E-state index is -0.156. The fourth-order valence-electron chi connectivity index (χ4n) is 4.92. The molecule has 0 unspecified atom stereocenters. The molecule has 3 heterocycles. The predicted molar refractivity (Wildman–Crippen MR) is 133 cm³/mol. The lowest BCUT2D eigenvalue weighted by atomic mass is 9.88. The summed E-state index contributed by atoms with van der Waals surface area (Å²) in [4.78, 5) is 19.3. The van der Waals surface area contributed by atoms with Crippen LogP contribution in [-0.2, 0) is 12.8 Å². The van der Waals surface area contributed by atoms with Crippen molar-refractivity contribution in [2.45, 2.75) is 51.2 Å². The molecule has 1 amide bonds. The number of hydrogen-bond acceptors (Lipinski definition) is 7. The molecule has 1 atom stereocenters. The maximum absolute atomic E-state index is 12.9. The van der Waals surface area contributed by atoms with Crippen molar-refractivity contribution in [1.82, 2.24) is 20.5 Å². The molecule has 0 spiro atoms. The van der Waals surface area contributed by atoms with Gasteiger partial charge in [0.2, 0.25) is 5.88 Å². The second kappa shape index (κ2) is 10.3. The highest BCUT2D eigenvalue weighted by molar-refractivity contribution is 5.92. The maximum atomic E-state index is 12.9. The van der Waals surface area contributed by atoms with Gasteiger partial charge in [-0.25, -0.2) is 4.98 Å². The van der Waals surface area contributed by atoms with Crippen LogP contribution in [0.3, 0.4) is 0 Å². The molecule has 2 aromatic heterocycles. The minimum absolute atomic E-state index is 0.124. The van der Waals surface area contributed by atoms with Gasteiger partial charge in [0.15, 0.2) is 11.5 Å². The van der Waals surface area contributed by atoms with E-state index < -0.39 is 0 Å². The summed E-state index contributed by atoms with van der Waals surface area (Å²) in [5.41, 5.74) is 4.03. The molecule has 0 bridgehead atoms. The van der Waals surface area contributed by atoms with Gasteiger partial charge in [-0.05, 0) is 55.0 Å². The van der Waals surface area contributed by atoms with E-state index in [4.69, 9.17) is 9.47 Å². The Bertz CT molecular complexity index is 1180. The highest BCUT2D eigenvalue weighted by atomic mass is 16.5. The summed E-state index contributed by atoms with van der Waals surface area (Å²) in [6, 6.07) is 14.1. The van der Waals surface area contributed by atoms with Gasteiger partial charge in [0.05, 0.1) is 13.3 Å². The van der Waals surface area contributed by atoms with E-state index >= 15 is 0 Å². The van der Waals surface area contributed by atoms with Crippen molar-refractivity contribution in [1.29, 1.82) is 0 Å². The van der Waals surface area contributed by atoms with Crippen molar-refractivity contribution in [3.63, 3.8) is 0 Å². The normalized spacial score (nSPS) is 18.0. The molecule has 8 heteroatoms. The Balaban J connectivity index is 1.15. The van der Waals surface area contributed by atoms with Gasteiger partial charge in [-0.3, -0.25) is 4.79 Å². The Hall–Kier alpha value is -3.68. The zero-order valence-electron chi connectivity index (χ0n) is 20.2. The predicted octanol–water partition coefficient (Wildman–Crippen LogP) is 3.52. The summed E-state index contributed by atoms with van der Waals surface area (Å²) in [6.07, 6.45) is 6.35. The molecule has 3 aromatic rings. The van der Waals surface area contributed by atoms with Crippen molar-refractivity contribution in [3.05, 3.63) is 71.0 Å². The quantitative estimate of drug-likeness (QED) is 0.586. The average molecular weight is 474 g/mol. The molecule has 2 aliphatic rings. The van der Waals surface area contributed by atoms with E-state index in [2.05, 4.69) is 49.7 Å². The first kappa shape index (κ1) is 23.1. The number of nitrogens with zero attached hydrogens (tertiary/aromatic N) is 4. The number of rotatable bonds is 6. The van der Waals surface area contributed by atoms with Gasteiger partial charge in [-0.1, -0.05) is 24.3 Å². The van der Waals surface area contributed by atoms with Gasteiger partial charge in [0.1, 0.15) is 11.9 Å². The number of ether oxygens (including phenoxy) is 2. The molecular formula is C27H31N5O3.